The van der Waals surface area contributed by atoms with Gasteiger partial charge in [-0.3, -0.25) is 27.3 Å². The van der Waals surface area contributed by atoms with Crippen molar-refractivity contribution >= 4 is 60.7 Å². The molecule has 0 saturated carbocycles. The molecule has 0 fully saturated rings. The molecule has 0 amide bonds. The van der Waals surface area contributed by atoms with Gasteiger partial charge in [0.2, 0.25) is 0 Å². The van der Waals surface area contributed by atoms with Gasteiger partial charge in [-0.1, -0.05) is 106 Å². The Kier molecular flexibility index (Phi) is 34.1. The molecule has 0 spiro atoms. The van der Waals surface area contributed by atoms with Crippen LogP contribution in [0.2, 0.25) is 0 Å². The molecular formula is C42H52Li4O18S6. The van der Waals surface area contributed by atoms with E-state index in [1.54, 1.807) is 72.8 Å². The van der Waals surface area contributed by atoms with Crippen LogP contribution >= 0.6 is 0 Å². The summed E-state index contributed by atoms with van der Waals surface area (Å²) >= 11 is 0. The molecule has 6 aromatic carbocycles. The second-order valence-corrected chi connectivity index (χ2v) is 22.3. The second kappa shape index (κ2) is 32.4. The minimum atomic E-state index is -4.02. The molecule has 0 saturated heterocycles. The van der Waals surface area contributed by atoms with E-state index in [-0.39, 0.29) is 111 Å². The van der Waals surface area contributed by atoms with Gasteiger partial charge in [0.15, 0.2) is 0 Å². The van der Waals surface area contributed by atoms with E-state index in [1.165, 1.54) is 72.8 Å². The Morgan fingerprint density at radius 1 is 0.214 bits per heavy atom. The number of hydrogen-bond acceptors (Lipinski definition) is 12. The summed E-state index contributed by atoms with van der Waals surface area (Å²) in [7, 11) is -24.1. The predicted molar refractivity (Wildman–Crippen MR) is 250 cm³/mol. The van der Waals surface area contributed by atoms with Gasteiger partial charge >= 0.3 is 75.4 Å². The third kappa shape index (κ3) is 30.9. The Hall–Kier alpha value is -2.83. The van der Waals surface area contributed by atoms with Crippen molar-refractivity contribution in [2.24, 2.45) is 0 Å². The summed E-state index contributed by atoms with van der Waals surface area (Å²) in [5.74, 6) is 0. The van der Waals surface area contributed by atoms with Crippen molar-refractivity contribution in [3.8, 4) is 0 Å². The van der Waals surface area contributed by atoms with E-state index >= 15 is 0 Å². The molecule has 0 unspecified atom stereocenters. The van der Waals surface area contributed by atoms with Gasteiger partial charge in [-0.2, -0.15) is 50.5 Å². The summed E-state index contributed by atoms with van der Waals surface area (Å²) in [6.07, 6.45) is 0. The van der Waals surface area contributed by atoms with Crippen molar-refractivity contribution in [1.82, 2.24) is 0 Å². The van der Waals surface area contributed by atoms with E-state index in [2.05, 4.69) is 0 Å². The molecule has 6 aromatic rings. The van der Waals surface area contributed by atoms with Gasteiger partial charge < -0.3 is 5.71 Å². The van der Waals surface area contributed by atoms with Crippen molar-refractivity contribution in [1.29, 1.82) is 0 Å². The summed E-state index contributed by atoms with van der Waals surface area (Å²) in [4.78, 5) is -0.399. The number of aryl methyl sites for hydroxylation is 6. The molecule has 6 N–H and O–H groups in total. The average Bonchev–Trinajstić information content (AvgIpc) is 3.18. The van der Waals surface area contributed by atoms with E-state index in [1.807, 2.05) is 41.5 Å². The molecular weight excluding hydrogens is 1010 g/mol. The Bertz CT molecular complexity index is 2630. The van der Waals surface area contributed by atoms with Crippen molar-refractivity contribution in [3.05, 3.63) is 179 Å². The molecule has 18 nitrogen and oxygen atoms in total. The summed E-state index contributed by atoms with van der Waals surface area (Å²) < 4.78 is 177. The quantitative estimate of drug-likeness (QED) is 0.0682. The van der Waals surface area contributed by atoms with Gasteiger partial charge in [0.25, 0.3) is 60.7 Å². The van der Waals surface area contributed by atoms with Crippen LogP contribution in [0.25, 0.3) is 0 Å². The maximum Gasteiger partial charge on any atom is 1.00 e. The molecule has 6 rings (SSSR count). The molecule has 0 aromatic heterocycles. The third-order valence-electron chi connectivity index (χ3n) is 7.91. The van der Waals surface area contributed by atoms with E-state index < -0.39 is 60.7 Å². The van der Waals surface area contributed by atoms with Crippen molar-refractivity contribution in [2.45, 2.75) is 70.9 Å². The zero-order chi connectivity index (χ0) is 50.9. The molecule has 368 valence electrons. The monoisotopic (exact) mass is 1060 g/mol. The average molecular weight is 1070 g/mol. The van der Waals surface area contributed by atoms with Gasteiger partial charge in [0.05, 0.1) is 29.4 Å². The number of benzene rings is 6. The minimum absolute atomic E-state index is 0. The van der Waals surface area contributed by atoms with E-state index in [9.17, 15) is 50.5 Å². The molecule has 0 bridgehead atoms. The summed E-state index contributed by atoms with van der Waals surface area (Å²) in [6.45, 7) is 11.0. The molecule has 0 aliphatic carbocycles. The smallest absolute Gasteiger partial charge is 1.00 e. The van der Waals surface area contributed by atoms with E-state index in [0.717, 1.165) is 33.4 Å². The first-order valence-corrected chi connectivity index (χ1v) is 26.9. The van der Waals surface area contributed by atoms with Crippen LogP contribution in [-0.4, -0.2) is 77.8 Å². The fourth-order valence-corrected chi connectivity index (χ4v) is 7.14. The van der Waals surface area contributed by atoms with Crippen LogP contribution in [0.15, 0.2) is 175 Å². The SMILES string of the molecule is Cc1ccc(S(=O)(=O)O)cc1.Cc1ccc(S(=O)(=O)O)cc1.Cc1ccc(S(=O)(=O)O)cc1.Cc1ccc(S(=O)(=O)O)cc1.Cc1ccc(S(=O)(=O)O)cc1.Cc1ccc(S(=O)(=O)O)cc1.[H-].[H-].[H-].[H-].[Li+].[Li+].[Li+].[Li+]. The fraction of sp³-hybridized carbons (Fsp3) is 0.143. The van der Waals surface area contributed by atoms with Crippen LogP contribution in [0, 0.1) is 41.5 Å². The molecule has 28 heteroatoms. The van der Waals surface area contributed by atoms with Gasteiger partial charge in [-0.25, -0.2) is 0 Å². The molecule has 0 aliphatic heterocycles. The van der Waals surface area contributed by atoms with Crippen molar-refractivity contribution in [3.63, 3.8) is 0 Å². The van der Waals surface area contributed by atoms with Crippen LogP contribution in [0.1, 0.15) is 39.1 Å². The first-order valence-electron chi connectivity index (χ1n) is 18.2. The molecule has 0 atom stereocenters. The predicted octanol–water partition coefficient (Wildman–Crippen LogP) is -4.08. The Balaban J connectivity index is -0.000000115. The van der Waals surface area contributed by atoms with Crippen LogP contribution < -0.4 is 75.4 Å². The number of rotatable bonds is 6. The van der Waals surface area contributed by atoms with Crippen molar-refractivity contribution < 1.29 is 159 Å². The van der Waals surface area contributed by atoms with Gasteiger partial charge in [0, 0.05) is 0 Å². The Morgan fingerprint density at radius 3 is 0.343 bits per heavy atom. The zero-order valence-corrected chi connectivity index (χ0v) is 44.8. The standard InChI is InChI=1S/6C7H8O3S.4Li.4H/c6*1-6-2-4-7(5-3-6)11(8,9)10;;;;;;;;/h6*2-5H,1H3,(H,8,9,10);;;;;;;;/q;;;;;;4*+1;4*-1. The van der Waals surface area contributed by atoms with Crippen LogP contribution in [0.5, 0.6) is 0 Å². The van der Waals surface area contributed by atoms with E-state index in [4.69, 9.17) is 27.3 Å². The maximum atomic E-state index is 10.5. The second-order valence-electron chi connectivity index (χ2n) is 13.7. The summed E-state index contributed by atoms with van der Waals surface area (Å²) in [5.41, 5.74) is 5.74. The van der Waals surface area contributed by atoms with Crippen LogP contribution in [-0.2, 0) is 60.7 Å². The molecule has 0 radical (unpaired) electrons. The first-order chi connectivity index (χ1) is 30.0. The topological polar surface area (TPSA) is 326 Å². The van der Waals surface area contributed by atoms with Gasteiger partial charge in [-0.05, 0) is 114 Å². The summed E-state index contributed by atoms with van der Waals surface area (Å²) in [5, 5.41) is 0. The maximum absolute atomic E-state index is 10.5. The number of hydrogen-bond donors (Lipinski definition) is 6. The molecule has 0 heterocycles. The Labute approximate surface area is 465 Å². The summed E-state index contributed by atoms with van der Waals surface area (Å²) in [6, 6.07) is 35.9. The third-order valence-corrected chi connectivity index (χ3v) is 13.1. The van der Waals surface area contributed by atoms with Crippen LogP contribution in [0.3, 0.4) is 0 Å². The normalized spacial score (nSPS) is 10.8. The minimum Gasteiger partial charge on any atom is -1.00 e. The molecule has 70 heavy (non-hydrogen) atoms. The van der Waals surface area contributed by atoms with Gasteiger partial charge in [0.1, 0.15) is 0 Å². The first kappa shape index (κ1) is 73.7. The molecule has 0 aliphatic rings. The van der Waals surface area contributed by atoms with E-state index in [0.29, 0.717) is 0 Å². The van der Waals surface area contributed by atoms with Gasteiger partial charge in [-0.15, -0.1) is 0 Å². The fourth-order valence-electron chi connectivity index (χ4n) is 4.26. The van der Waals surface area contributed by atoms with Crippen molar-refractivity contribution in [2.75, 3.05) is 0 Å². The van der Waals surface area contributed by atoms with Crippen LogP contribution in [0.4, 0.5) is 0 Å². The largest absolute Gasteiger partial charge is 1.00 e. The Morgan fingerprint density at radius 2 is 0.286 bits per heavy atom. The zero-order valence-electron chi connectivity index (χ0n) is 43.9.